The lowest BCUT2D eigenvalue weighted by Crippen LogP contribution is -2.34. The summed E-state index contributed by atoms with van der Waals surface area (Å²) < 4.78 is 11.0. The lowest BCUT2D eigenvalue weighted by Gasteiger charge is -2.29. The summed E-state index contributed by atoms with van der Waals surface area (Å²) in [6, 6.07) is 5.47. The zero-order chi connectivity index (χ0) is 12.2. The van der Waals surface area contributed by atoms with Crippen LogP contribution in [0, 0.1) is 0 Å². The molecule has 0 heterocycles. The van der Waals surface area contributed by atoms with E-state index in [1.807, 2.05) is 26.0 Å². The minimum absolute atomic E-state index is 0.365. The molecular formula is C12H18ClNO2. The molecule has 1 aromatic carbocycles. The highest BCUT2D eigenvalue weighted by molar-refractivity contribution is 6.30. The van der Waals surface area contributed by atoms with Crippen LogP contribution in [0.1, 0.15) is 19.4 Å². The number of hydrogen-bond donors (Lipinski definition) is 1. The van der Waals surface area contributed by atoms with Crippen LogP contribution in [0.4, 0.5) is 0 Å². The molecule has 0 aliphatic rings. The maximum atomic E-state index is 5.99. The van der Waals surface area contributed by atoms with E-state index in [0.29, 0.717) is 18.2 Å². The molecule has 3 nitrogen and oxygen atoms in total. The van der Waals surface area contributed by atoms with Gasteiger partial charge in [0.2, 0.25) is 0 Å². The molecule has 4 heteroatoms. The Balaban J connectivity index is 3.22. The van der Waals surface area contributed by atoms with Crippen molar-refractivity contribution in [1.29, 1.82) is 0 Å². The Hall–Kier alpha value is -0.770. The predicted octanol–water partition coefficient (Wildman–Crippen LogP) is 2.56. The fourth-order valence-electron chi connectivity index (χ4n) is 1.50. The molecule has 0 spiro atoms. The van der Waals surface area contributed by atoms with Crippen molar-refractivity contribution in [2.75, 3.05) is 20.3 Å². The molecule has 2 N–H and O–H groups in total. The van der Waals surface area contributed by atoms with Crippen molar-refractivity contribution in [2.24, 2.45) is 5.73 Å². The number of nitrogens with two attached hydrogens (primary N) is 1. The van der Waals surface area contributed by atoms with Gasteiger partial charge in [-0.2, -0.15) is 0 Å². The van der Waals surface area contributed by atoms with Crippen molar-refractivity contribution in [3.63, 3.8) is 0 Å². The standard InChI is InChI=1S/C12H18ClNO2/c1-4-16-11-6-5-9(13)7-10(11)12(2,8-14)15-3/h5-7H,4,8,14H2,1-3H3. The number of hydrogen-bond acceptors (Lipinski definition) is 3. The first-order valence-corrected chi connectivity index (χ1v) is 5.63. The van der Waals surface area contributed by atoms with Gasteiger partial charge in [0.1, 0.15) is 11.4 Å². The van der Waals surface area contributed by atoms with Crippen LogP contribution >= 0.6 is 11.6 Å². The van der Waals surface area contributed by atoms with Crippen LogP contribution in [0.25, 0.3) is 0 Å². The largest absolute Gasteiger partial charge is 0.493 e. The molecule has 0 aliphatic heterocycles. The highest BCUT2D eigenvalue weighted by Crippen LogP contribution is 2.34. The van der Waals surface area contributed by atoms with Gasteiger partial charge in [-0.1, -0.05) is 11.6 Å². The summed E-state index contributed by atoms with van der Waals surface area (Å²) in [6.45, 7) is 4.81. The minimum Gasteiger partial charge on any atom is -0.493 e. The monoisotopic (exact) mass is 243 g/mol. The average Bonchev–Trinajstić information content (AvgIpc) is 2.31. The second-order valence-electron chi connectivity index (χ2n) is 3.71. The van der Waals surface area contributed by atoms with Crippen LogP contribution in [0.3, 0.4) is 0 Å². The summed E-state index contributed by atoms with van der Waals surface area (Å²) in [4.78, 5) is 0. The third-order valence-corrected chi connectivity index (χ3v) is 2.89. The first-order valence-electron chi connectivity index (χ1n) is 5.25. The molecular weight excluding hydrogens is 226 g/mol. The Bertz CT molecular complexity index is 351. The fraction of sp³-hybridized carbons (Fsp3) is 0.500. The smallest absolute Gasteiger partial charge is 0.125 e. The second-order valence-corrected chi connectivity index (χ2v) is 4.15. The van der Waals surface area contributed by atoms with E-state index in [2.05, 4.69) is 0 Å². The van der Waals surface area contributed by atoms with Gasteiger partial charge in [-0.25, -0.2) is 0 Å². The van der Waals surface area contributed by atoms with Crippen LogP contribution in [-0.2, 0) is 10.3 Å². The third-order valence-electron chi connectivity index (χ3n) is 2.65. The van der Waals surface area contributed by atoms with Crippen molar-refractivity contribution >= 4 is 11.6 Å². The Morgan fingerprint density at radius 3 is 2.62 bits per heavy atom. The quantitative estimate of drug-likeness (QED) is 0.865. The highest BCUT2D eigenvalue weighted by atomic mass is 35.5. The zero-order valence-electron chi connectivity index (χ0n) is 9.92. The van der Waals surface area contributed by atoms with Gasteiger partial charge in [-0.15, -0.1) is 0 Å². The van der Waals surface area contributed by atoms with E-state index < -0.39 is 5.60 Å². The molecule has 90 valence electrons. The Morgan fingerprint density at radius 2 is 2.12 bits per heavy atom. The third kappa shape index (κ3) is 2.67. The van der Waals surface area contributed by atoms with E-state index in [-0.39, 0.29) is 0 Å². The molecule has 1 aromatic rings. The van der Waals surface area contributed by atoms with E-state index in [1.54, 1.807) is 13.2 Å². The van der Waals surface area contributed by atoms with Crippen LogP contribution in [0.15, 0.2) is 18.2 Å². The second kappa shape index (κ2) is 5.53. The molecule has 0 saturated heterocycles. The van der Waals surface area contributed by atoms with Crippen molar-refractivity contribution in [1.82, 2.24) is 0 Å². The number of benzene rings is 1. The average molecular weight is 244 g/mol. The van der Waals surface area contributed by atoms with Crippen LogP contribution in [-0.4, -0.2) is 20.3 Å². The van der Waals surface area contributed by atoms with Gasteiger partial charge in [-0.3, -0.25) is 0 Å². The molecule has 0 fully saturated rings. The van der Waals surface area contributed by atoms with Gasteiger partial charge in [0.15, 0.2) is 0 Å². The van der Waals surface area contributed by atoms with Crippen LogP contribution < -0.4 is 10.5 Å². The summed E-state index contributed by atoms with van der Waals surface area (Å²) in [5.41, 5.74) is 6.05. The molecule has 0 aliphatic carbocycles. The van der Waals surface area contributed by atoms with Gasteiger partial charge >= 0.3 is 0 Å². The predicted molar refractivity (Wildman–Crippen MR) is 66.0 cm³/mol. The van der Waals surface area contributed by atoms with E-state index in [4.69, 9.17) is 26.8 Å². The number of ether oxygens (including phenoxy) is 2. The van der Waals surface area contributed by atoms with E-state index in [0.717, 1.165) is 11.3 Å². The maximum Gasteiger partial charge on any atom is 0.125 e. The van der Waals surface area contributed by atoms with E-state index in [1.165, 1.54) is 0 Å². The van der Waals surface area contributed by atoms with Crippen molar-refractivity contribution in [3.05, 3.63) is 28.8 Å². The first kappa shape index (κ1) is 13.3. The summed E-state index contributed by atoms with van der Waals surface area (Å²) in [5.74, 6) is 0.765. The van der Waals surface area contributed by atoms with Gasteiger partial charge in [0, 0.05) is 24.2 Å². The van der Waals surface area contributed by atoms with Crippen molar-refractivity contribution in [2.45, 2.75) is 19.4 Å². The minimum atomic E-state index is -0.574. The van der Waals surface area contributed by atoms with Gasteiger partial charge < -0.3 is 15.2 Å². The molecule has 0 amide bonds. The van der Waals surface area contributed by atoms with Crippen molar-refractivity contribution in [3.8, 4) is 5.75 Å². The number of rotatable bonds is 5. The summed E-state index contributed by atoms with van der Waals surface area (Å²) in [6.07, 6.45) is 0. The highest BCUT2D eigenvalue weighted by Gasteiger charge is 2.28. The Labute approximate surface area is 101 Å². The molecule has 0 bridgehead atoms. The topological polar surface area (TPSA) is 44.5 Å². The molecule has 0 aromatic heterocycles. The van der Waals surface area contributed by atoms with Gasteiger partial charge in [-0.05, 0) is 32.0 Å². The van der Waals surface area contributed by atoms with Gasteiger partial charge in [0.25, 0.3) is 0 Å². The normalized spacial score (nSPS) is 14.6. The molecule has 16 heavy (non-hydrogen) atoms. The zero-order valence-corrected chi connectivity index (χ0v) is 10.7. The Morgan fingerprint density at radius 1 is 1.44 bits per heavy atom. The maximum absolute atomic E-state index is 5.99. The fourth-order valence-corrected chi connectivity index (χ4v) is 1.67. The van der Waals surface area contributed by atoms with Crippen molar-refractivity contribution < 1.29 is 9.47 Å². The van der Waals surface area contributed by atoms with Crippen LogP contribution in [0.2, 0.25) is 5.02 Å². The van der Waals surface area contributed by atoms with Crippen LogP contribution in [0.5, 0.6) is 5.75 Å². The summed E-state index contributed by atoms with van der Waals surface area (Å²) >= 11 is 5.99. The molecule has 0 radical (unpaired) electrons. The molecule has 0 saturated carbocycles. The molecule has 1 rings (SSSR count). The summed E-state index contributed by atoms with van der Waals surface area (Å²) in [5, 5.41) is 0.648. The Kier molecular flexibility index (Phi) is 4.59. The number of halogens is 1. The van der Waals surface area contributed by atoms with E-state index >= 15 is 0 Å². The molecule has 1 atom stereocenters. The number of methoxy groups -OCH3 is 1. The van der Waals surface area contributed by atoms with Gasteiger partial charge in [0.05, 0.1) is 6.61 Å². The first-order chi connectivity index (χ1) is 7.57. The molecule has 1 unspecified atom stereocenters. The van der Waals surface area contributed by atoms with E-state index in [9.17, 15) is 0 Å². The summed E-state index contributed by atoms with van der Waals surface area (Å²) in [7, 11) is 1.63. The SMILES string of the molecule is CCOc1ccc(Cl)cc1C(C)(CN)OC. The lowest BCUT2D eigenvalue weighted by molar-refractivity contribution is 0.00787. The lowest BCUT2D eigenvalue weighted by atomic mass is 9.95.